The second-order valence-corrected chi connectivity index (χ2v) is 8.68. The second kappa shape index (κ2) is 9.72. The number of thioether (sulfide) groups is 1. The van der Waals surface area contributed by atoms with Crippen LogP contribution in [0.3, 0.4) is 0 Å². The van der Waals surface area contributed by atoms with Gasteiger partial charge in [-0.3, -0.25) is 4.79 Å². The maximum atomic E-state index is 12.3. The van der Waals surface area contributed by atoms with Crippen molar-refractivity contribution in [3.05, 3.63) is 76.8 Å². The van der Waals surface area contributed by atoms with Gasteiger partial charge in [-0.1, -0.05) is 60.2 Å². The minimum absolute atomic E-state index is 0.0879. The Morgan fingerprint density at radius 1 is 1.15 bits per heavy atom. The summed E-state index contributed by atoms with van der Waals surface area (Å²) < 4.78 is 0. The lowest BCUT2D eigenvalue weighted by Gasteiger charge is -2.11. The molecule has 1 amide bonds. The zero-order chi connectivity index (χ0) is 19.1. The van der Waals surface area contributed by atoms with Gasteiger partial charge in [-0.15, -0.1) is 23.1 Å². The number of aryl methyl sites for hydroxylation is 1. The van der Waals surface area contributed by atoms with Gasteiger partial charge in [0.2, 0.25) is 5.91 Å². The van der Waals surface area contributed by atoms with Gasteiger partial charge in [-0.2, -0.15) is 0 Å². The molecule has 1 heterocycles. The molecule has 0 unspecified atom stereocenters. The second-order valence-electron chi connectivity index (χ2n) is 6.49. The zero-order valence-corrected chi connectivity index (χ0v) is 17.3. The average molecular weight is 397 g/mol. The fourth-order valence-corrected chi connectivity index (χ4v) is 4.34. The Morgan fingerprint density at radius 3 is 2.63 bits per heavy atom. The molecule has 0 radical (unpaired) electrons. The van der Waals surface area contributed by atoms with Crippen LogP contribution in [-0.2, 0) is 17.0 Å². The van der Waals surface area contributed by atoms with Gasteiger partial charge in [0.15, 0.2) is 0 Å². The molecule has 0 spiro atoms. The Labute approximate surface area is 169 Å². The van der Waals surface area contributed by atoms with Crippen LogP contribution in [0, 0.1) is 6.92 Å². The number of aromatic nitrogens is 1. The smallest absolute Gasteiger partial charge is 0.232 e. The lowest BCUT2D eigenvalue weighted by Crippen LogP contribution is -2.32. The van der Waals surface area contributed by atoms with Crippen molar-refractivity contribution in [1.29, 1.82) is 0 Å². The molecule has 0 fully saturated rings. The number of hydrogen-bond donors (Lipinski definition) is 1. The van der Waals surface area contributed by atoms with Crippen molar-refractivity contribution in [2.45, 2.75) is 31.3 Å². The average Bonchev–Trinajstić information content (AvgIpc) is 3.16. The molecular weight excluding hydrogens is 372 g/mol. The number of benzene rings is 2. The van der Waals surface area contributed by atoms with Crippen molar-refractivity contribution in [2.24, 2.45) is 0 Å². The molecular formula is C22H24N2OS2. The maximum Gasteiger partial charge on any atom is 0.232 e. The Bertz CT molecular complexity index is 860. The van der Waals surface area contributed by atoms with Crippen LogP contribution in [0.15, 0.2) is 60.0 Å². The van der Waals surface area contributed by atoms with E-state index < -0.39 is 0 Å². The maximum absolute atomic E-state index is 12.3. The Hall–Kier alpha value is -2.11. The largest absolute Gasteiger partial charge is 0.355 e. The SMILES string of the molecule is Cc1ccc(-c2nc(CS[C@H](C)C(=O)NCCc3ccccc3)cs2)cc1. The van der Waals surface area contributed by atoms with Crippen LogP contribution >= 0.6 is 23.1 Å². The van der Waals surface area contributed by atoms with E-state index in [4.69, 9.17) is 4.98 Å². The van der Waals surface area contributed by atoms with E-state index in [1.165, 1.54) is 11.1 Å². The summed E-state index contributed by atoms with van der Waals surface area (Å²) in [5, 5.41) is 6.05. The van der Waals surface area contributed by atoms with Crippen LogP contribution in [0.5, 0.6) is 0 Å². The molecule has 0 aliphatic heterocycles. The zero-order valence-electron chi connectivity index (χ0n) is 15.6. The lowest BCUT2D eigenvalue weighted by molar-refractivity contribution is -0.120. The normalized spacial score (nSPS) is 11.9. The number of nitrogens with zero attached hydrogens (tertiary/aromatic N) is 1. The van der Waals surface area contributed by atoms with E-state index in [9.17, 15) is 4.79 Å². The highest BCUT2D eigenvalue weighted by Gasteiger charge is 2.14. The standard InChI is InChI=1S/C22H24N2OS2/c1-16-8-10-19(11-9-16)22-24-20(15-27-22)14-26-17(2)21(25)23-13-12-18-6-4-3-5-7-18/h3-11,15,17H,12-14H2,1-2H3,(H,23,25)/t17-/m1/s1. The highest BCUT2D eigenvalue weighted by atomic mass is 32.2. The molecule has 3 nitrogen and oxygen atoms in total. The van der Waals surface area contributed by atoms with E-state index in [0.29, 0.717) is 6.54 Å². The quantitative estimate of drug-likeness (QED) is 0.576. The third-order valence-electron chi connectivity index (χ3n) is 4.26. The van der Waals surface area contributed by atoms with Crippen LogP contribution < -0.4 is 5.32 Å². The van der Waals surface area contributed by atoms with Crippen molar-refractivity contribution in [3.63, 3.8) is 0 Å². The van der Waals surface area contributed by atoms with Gasteiger partial charge < -0.3 is 5.32 Å². The first-order chi connectivity index (χ1) is 13.1. The van der Waals surface area contributed by atoms with Crippen molar-refractivity contribution in [2.75, 3.05) is 6.54 Å². The van der Waals surface area contributed by atoms with Gasteiger partial charge in [-0.25, -0.2) is 4.98 Å². The number of rotatable bonds is 8. The van der Waals surface area contributed by atoms with Gasteiger partial charge in [-0.05, 0) is 25.8 Å². The summed E-state index contributed by atoms with van der Waals surface area (Å²) in [7, 11) is 0. The molecule has 140 valence electrons. The van der Waals surface area contributed by atoms with Crippen molar-refractivity contribution in [1.82, 2.24) is 10.3 Å². The predicted octanol–water partition coefficient (Wildman–Crippen LogP) is 5.10. The highest BCUT2D eigenvalue weighted by molar-refractivity contribution is 7.99. The Balaban J connectivity index is 1.44. The fraction of sp³-hybridized carbons (Fsp3) is 0.273. The molecule has 3 rings (SSSR count). The van der Waals surface area contributed by atoms with Crippen molar-refractivity contribution < 1.29 is 4.79 Å². The Kier molecular flexibility index (Phi) is 7.07. The predicted molar refractivity (Wildman–Crippen MR) is 116 cm³/mol. The summed E-state index contributed by atoms with van der Waals surface area (Å²) >= 11 is 3.28. The van der Waals surface area contributed by atoms with Gasteiger partial charge in [0, 0.05) is 23.2 Å². The number of amides is 1. The molecule has 0 aliphatic carbocycles. The summed E-state index contributed by atoms with van der Waals surface area (Å²) in [6, 6.07) is 18.6. The van der Waals surface area contributed by atoms with Crippen LogP contribution in [0.1, 0.15) is 23.7 Å². The lowest BCUT2D eigenvalue weighted by atomic mass is 10.1. The molecule has 1 aromatic heterocycles. The molecule has 3 aromatic rings. The monoisotopic (exact) mass is 396 g/mol. The van der Waals surface area contributed by atoms with Crippen LogP contribution in [0.4, 0.5) is 0 Å². The third-order valence-corrected chi connectivity index (χ3v) is 6.37. The van der Waals surface area contributed by atoms with Gasteiger partial charge in [0.05, 0.1) is 10.9 Å². The molecule has 2 aromatic carbocycles. The van der Waals surface area contributed by atoms with Crippen molar-refractivity contribution >= 4 is 29.0 Å². The van der Waals surface area contributed by atoms with E-state index in [2.05, 4.69) is 54.0 Å². The molecule has 27 heavy (non-hydrogen) atoms. The minimum Gasteiger partial charge on any atom is -0.355 e. The molecule has 0 saturated heterocycles. The molecule has 1 atom stereocenters. The van der Waals surface area contributed by atoms with Gasteiger partial charge in [0.25, 0.3) is 0 Å². The van der Waals surface area contributed by atoms with Crippen molar-refractivity contribution in [3.8, 4) is 10.6 Å². The summed E-state index contributed by atoms with van der Waals surface area (Å²) in [5.41, 5.74) is 4.67. The topological polar surface area (TPSA) is 42.0 Å². The summed E-state index contributed by atoms with van der Waals surface area (Å²) in [6.07, 6.45) is 0.857. The van der Waals surface area contributed by atoms with E-state index in [-0.39, 0.29) is 11.2 Å². The molecule has 1 N–H and O–H groups in total. The fourth-order valence-electron chi connectivity index (χ4n) is 2.61. The molecule has 0 bridgehead atoms. The first-order valence-corrected chi connectivity index (χ1v) is 11.0. The third kappa shape index (κ3) is 5.94. The van der Waals surface area contributed by atoms with E-state index in [1.54, 1.807) is 23.1 Å². The first-order valence-electron chi connectivity index (χ1n) is 9.06. The number of nitrogens with one attached hydrogen (secondary N) is 1. The summed E-state index contributed by atoms with van der Waals surface area (Å²) in [6.45, 7) is 4.71. The van der Waals surface area contributed by atoms with E-state index in [1.807, 2.05) is 25.1 Å². The number of thiazole rings is 1. The van der Waals surface area contributed by atoms with E-state index >= 15 is 0 Å². The molecule has 0 saturated carbocycles. The Morgan fingerprint density at radius 2 is 1.89 bits per heavy atom. The molecule has 0 aliphatic rings. The molecule has 5 heteroatoms. The number of hydrogen-bond acceptors (Lipinski definition) is 4. The summed E-state index contributed by atoms with van der Waals surface area (Å²) in [4.78, 5) is 17.0. The van der Waals surface area contributed by atoms with E-state index in [0.717, 1.165) is 28.4 Å². The number of carbonyl (C=O) groups is 1. The highest BCUT2D eigenvalue weighted by Crippen LogP contribution is 2.26. The van der Waals surface area contributed by atoms with Crippen LogP contribution in [-0.4, -0.2) is 22.7 Å². The van der Waals surface area contributed by atoms with Crippen LogP contribution in [0.2, 0.25) is 0 Å². The summed E-state index contributed by atoms with van der Waals surface area (Å²) in [5.74, 6) is 0.834. The van der Waals surface area contributed by atoms with Gasteiger partial charge >= 0.3 is 0 Å². The van der Waals surface area contributed by atoms with Gasteiger partial charge in [0.1, 0.15) is 5.01 Å². The first kappa shape index (κ1) is 19.6. The van der Waals surface area contributed by atoms with Crippen LogP contribution in [0.25, 0.3) is 10.6 Å². The minimum atomic E-state index is -0.0923. The number of carbonyl (C=O) groups excluding carboxylic acids is 1.